The van der Waals surface area contributed by atoms with Crippen LogP contribution in [-0.4, -0.2) is 28.6 Å². The van der Waals surface area contributed by atoms with Crippen molar-refractivity contribution in [2.45, 2.75) is 64.0 Å². The van der Waals surface area contributed by atoms with Gasteiger partial charge in [-0.05, 0) is 38.5 Å². The summed E-state index contributed by atoms with van der Waals surface area (Å²) in [5.74, 6) is 1.41. The standard InChI is InChI=1S/C16H25N3O2.ClH/c1-11-9-15(21-18-11)14-7-4-8-19(14)16(20)10-12-5-2-3-6-13(12)17;/h9,12-14H,2-8,10,17H2,1H3;1H. The molecule has 2 heterocycles. The molecule has 22 heavy (non-hydrogen) atoms. The van der Waals surface area contributed by atoms with E-state index in [0.717, 1.165) is 43.7 Å². The van der Waals surface area contributed by atoms with Crippen molar-refractivity contribution in [3.8, 4) is 0 Å². The Kier molecular flexibility index (Phi) is 5.87. The van der Waals surface area contributed by atoms with Crippen LogP contribution in [-0.2, 0) is 4.79 Å². The number of carbonyl (C=O) groups is 1. The molecule has 3 rings (SSSR count). The second kappa shape index (κ2) is 7.47. The van der Waals surface area contributed by atoms with Gasteiger partial charge in [0, 0.05) is 25.1 Å². The Labute approximate surface area is 138 Å². The Hall–Kier alpha value is -1.07. The zero-order chi connectivity index (χ0) is 14.8. The lowest BCUT2D eigenvalue weighted by atomic mass is 9.82. The molecule has 2 aliphatic rings. The minimum absolute atomic E-state index is 0. The molecule has 3 unspecified atom stereocenters. The number of likely N-dealkylation sites (tertiary alicyclic amines) is 1. The third-order valence-corrected chi connectivity index (χ3v) is 4.95. The summed E-state index contributed by atoms with van der Waals surface area (Å²) in [4.78, 5) is 14.6. The second-order valence-electron chi connectivity index (χ2n) is 6.53. The van der Waals surface area contributed by atoms with Gasteiger partial charge in [0.2, 0.25) is 5.91 Å². The predicted molar refractivity (Wildman–Crippen MR) is 86.7 cm³/mol. The maximum atomic E-state index is 12.7. The molecule has 3 atom stereocenters. The number of carbonyl (C=O) groups excluding carboxylic acids is 1. The van der Waals surface area contributed by atoms with Crippen molar-refractivity contribution in [3.05, 3.63) is 17.5 Å². The van der Waals surface area contributed by atoms with Crippen molar-refractivity contribution in [2.24, 2.45) is 11.7 Å². The molecule has 6 heteroatoms. The highest BCUT2D eigenvalue weighted by atomic mass is 35.5. The lowest BCUT2D eigenvalue weighted by Gasteiger charge is -2.30. The molecule has 0 aromatic carbocycles. The molecule has 1 aliphatic carbocycles. The second-order valence-corrected chi connectivity index (χ2v) is 6.53. The molecule has 0 radical (unpaired) electrons. The summed E-state index contributed by atoms with van der Waals surface area (Å²) in [7, 11) is 0. The van der Waals surface area contributed by atoms with Crippen LogP contribution < -0.4 is 5.73 Å². The number of nitrogens with two attached hydrogens (primary N) is 1. The van der Waals surface area contributed by atoms with Crippen LogP contribution in [0.2, 0.25) is 0 Å². The highest BCUT2D eigenvalue weighted by Crippen LogP contribution is 2.34. The molecule has 1 aromatic heterocycles. The number of aryl methyl sites for hydroxylation is 1. The summed E-state index contributed by atoms with van der Waals surface area (Å²) in [5.41, 5.74) is 7.05. The minimum Gasteiger partial charge on any atom is -0.359 e. The van der Waals surface area contributed by atoms with Gasteiger partial charge in [0.25, 0.3) is 0 Å². The van der Waals surface area contributed by atoms with E-state index in [2.05, 4.69) is 5.16 Å². The number of aromatic nitrogens is 1. The van der Waals surface area contributed by atoms with Crippen LogP contribution in [0.3, 0.4) is 0 Å². The average Bonchev–Trinajstić information content (AvgIpc) is 3.09. The first-order valence-corrected chi connectivity index (χ1v) is 8.13. The molecule has 124 valence electrons. The van der Waals surface area contributed by atoms with Gasteiger partial charge in [-0.2, -0.15) is 0 Å². The maximum Gasteiger partial charge on any atom is 0.223 e. The summed E-state index contributed by atoms with van der Waals surface area (Å²) in [6.07, 6.45) is 7.15. The molecular formula is C16H26ClN3O2. The molecule has 1 saturated carbocycles. The highest BCUT2D eigenvalue weighted by molar-refractivity contribution is 5.85. The molecule has 5 nitrogen and oxygen atoms in total. The topological polar surface area (TPSA) is 72.4 Å². The molecule has 2 N–H and O–H groups in total. The van der Waals surface area contributed by atoms with Crippen molar-refractivity contribution in [1.82, 2.24) is 10.1 Å². The Morgan fingerprint density at radius 2 is 2.14 bits per heavy atom. The molecule has 1 amide bonds. The van der Waals surface area contributed by atoms with Crippen LogP contribution in [0.1, 0.15) is 62.4 Å². The third kappa shape index (κ3) is 3.63. The van der Waals surface area contributed by atoms with Crippen LogP contribution in [0, 0.1) is 12.8 Å². The predicted octanol–water partition coefficient (Wildman–Crippen LogP) is 2.98. The lowest BCUT2D eigenvalue weighted by molar-refractivity contribution is -0.133. The lowest BCUT2D eigenvalue weighted by Crippen LogP contribution is -2.38. The van der Waals surface area contributed by atoms with Crippen LogP contribution in [0.25, 0.3) is 0 Å². The van der Waals surface area contributed by atoms with Crippen LogP contribution in [0.5, 0.6) is 0 Å². The monoisotopic (exact) mass is 327 g/mol. The summed E-state index contributed by atoms with van der Waals surface area (Å²) in [6, 6.07) is 2.21. The highest BCUT2D eigenvalue weighted by Gasteiger charge is 2.34. The maximum absolute atomic E-state index is 12.7. The van der Waals surface area contributed by atoms with Crippen molar-refractivity contribution >= 4 is 18.3 Å². The van der Waals surface area contributed by atoms with Crippen LogP contribution in [0.15, 0.2) is 10.6 Å². The van der Waals surface area contributed by atoms with Crippen molar-refractivity contribution in [1.29, 1.82) is 0 Å². The average molecular weight is 328 g/mol. The first kappa shape index (κ1) is 17.3. The fourth-order valence-electron chi connectivity index (χ4n) is 3.73. The normalized spacial score (nSPS) is 28.5. The van der Waals surface area contributed by atoms with E-state index in [9.17, 15) is 4.79 Å². The number of rotatable bonds is 3. The van der Waals surface area contributed by atoms with E-state index in [0.29, 0.717) is 12.3 Å². The van der Waals surface area contributed by atoms with E-state index in [1.807, 2.05) is 17.9 Å². The number of amides is 1. The summed E-state index contributed by atoms with van der Waals surface area (Å²) in [6.45, 7) is 2.74. The number of hydrogen-bond donors (Lipinski definition) is 1. The van der Waals surface area contributed by atoms with E-state index in [1.54, 1.807) is 0 Å². The van der Waals surface area contributed by atoms with Crippen molar-refractivity contribution < 1.29 is 9.32 Å². The number of nitrogens with zero attached hydrogens (tertiary/aromatic N) is 2. The van der Waals surface area contributed by atoms with Crippen LogP contribution >= 0.6 is 12.4 Å². The largest absolute Gasteiger partial charge is 0.359 e. The van der Waals surface area contributed by atoms with Crippen LogP contribution in [0.4, 0.5) is 0 Å². The summed E-state index contributed by atoms with van der Waals surface area (Å²) < 4.78 is 5.37. The van der Waals surface area contributed by atoms with E-state index in [4.69, 9.17) is 10.3 Å². The minimum atomic E-state index is 0. The van der Waals surface area contributed by atoms with E-state index in [1.165, 1.54) is 12.8 Å². The SMILES string of the molecule is Cc1cc(C2CCCN2C(=O)CC2CCCCC2N)on1.Cl. The Morgan fingerprint density at radius 3 is 2.82 bits per heavy atom. The van der Waals surface area contributed by atoms with E-state index >= 15 is 0 Å². The van der Waals surface area contributed by atoms with Crippen molar-refractivity contribution in [3.63, 3.8) is 0 Å². The molecule has 0 spiro atoms. The fourth-order valence-corrected chi connectivity index (χ4v) is 3.73. The van der Waals surface area contributed by atoms with Gasteiger partial charge in [-0.1, -0.05) is 18.0 Å². The van der Waals surface area contributed by atoms with E-state index < -0.39 is 0 Å². The van der Waals surface area contributed by atoms with Gasteiger partial charge in [0.1, 0.15) is 0 Å². The first-order valence-electron chi connectivity index (χ1n) is 8.13. The summed E-state index contributed by atoms with van der Waals surface area (Å²) in [5, 5.41) is 3.95. The van der Waals surface area contributed by atoms with Gasteiger partial charge in [0.15, 0.2) is 5.76 Å². The van der Waals surface area contributed by atoms with Gasteiger partial charge in [-0.3, -0.25) is 4.79 Å². The zero-order valence-electron chi connectivity index (χ0n) is 13.2. The number of hydrogen-bond acceptors (Lipinski definition) is 4. The third-order valence-electron chi connectivity index (χ3n) is 4.95. The smallest absolute Gasteiger partial charge is 0.223 e. The molecule has 1 saturated heterocycles. The quantitative estimate of drug-likeness (QED) is 0.926. The van der Waals surface area contributed by atoms with Gasteiger partial charge >= 0.3 is 0 Å². The zero-order valence-corrected chi connectivity index (χ0v) is 14.0. The van der Waals surface area contributed by atoms with Gasteiger partial charge in [0.05, 0.1) is 11.7 Å². The molecule has 1 aliphatic heterocycles. The first-order chi connectivity index (χ1) is 10.1. The fraction of sp³-hybridized carbons (Fsp3) is 0.750. The Bertz CT molecular complexity index is 505. The van der Waals surface area contributed by atoms with Gasteiger partial charge in [-0.15, -0.1) is 12.4 Å². The Balaban J connectivity index is 0.00000176. The summed E-state index contributed by atoms with van der Waals surface area (Å²) >= 11 is 0. The molecule has 0 bridgehead atoms. The van der Waals surface area contributed by atoms with E-state index in [-0.39, 0.29) is 30.4 Å². The van der Waals surface area contributed by atoms with Crippen molar-refractivity contribution in [2.75, 3.05) is 6.54 Å². The molecular weight excluding hydrogens is 302 g/mol. The molecule has 2 fully saturated rings. The van der Waals surface area contributed by atoms with Gasteiger partial charge in [-0.25, -0.2) is 0 Å². The number of halogens is 1. The molecule has 1 aromatic rings. The van der Waals surface area contributed by atoms with Gasteiger partial charge < -0.3 is 15.2 Å². The Morgan fingerprint density at radius 1 is 1.36 bits per heavy atom.